The molecule has 0 radical (unpaired) electrons. The fraction of sp³-hybridized carbons (Fsp3) is 0.625. The lowest BCUT2D eigenvalue weighted by Gasteiger charge is -2.17. The van der Waals surface area contributed by atoms with E-state index in [0.29, 0.717) is 0 Å². The van der Waals surface area contributed by atoms with Gasteiger partial charge in [-0.3, -0.25) is 0 Å². The molecule has 0 bridgehead atoms. The molecule has 0 aromatic carbocycles. The Morgan fingerprint density at radius 3 is 1.92 bits per heavy atom. The number of rotatable bonds is 1. The summed E-state index contributed by atoms with van der Waals surface area (Å²) in [5.41, 5.74) is -0.398. The van der Waals surface area contributed by atoms with Crippen LogP contribution in [0.25, 0.3) is 0 Å². The van der Waals surface area contributed by atoms with Crippen molar-refractivity contribution in [1.82, 2.24) is 0 Å². The maximum atomic E-state index is 10.5. The van der Waals surface area contributed by atoms with Crippen LogP contribution in [-0.2, 0) is 9.53 Å². The summed E-state index contributed by atoms with van der Waals surface area (Å²) in [5.74, 6) is 0.711. The minimum atomic E-state index is -0.398. The molecule has 0 fully saturated rings. The van der Waals surface area contributed by atoms with E-state index in [2.05, 4.69) is 25.1 Å². The van der Waals surface area contributed by atoms with Crippen LogP contribution in [0.3, 0.4) is 0 Å². The third-order valence-electron chi connectivity index (χ3n) is 0.573. The minimum Gasteiger partial charge on any atom is -0.457 e. The van der Waals surface area contributed by atoms with E-state index in [9.17, 15) is 4.79 Å². The molecule has 2 unspecified atom stereocenters. The number of esters is 1. The second-order valence-electron chi connectivity index (χ2n) is 2.97. The topological polar surface area (TPSA) is 26.3 Å². The number of hydrogen-bond donors (Lipinski definition) is 0. The summed E-state index contributed by atoms with van der Waals surface area (Å²) in [6, 6.07) is 0. The van der Waals surface area contributed by atoms with Crippen molar-refractivity contribution in [3.8, 4) is 0 Å². The molecule has 0 saturated heterocycles. The summed E-state index contributed by atoms with van der Waals surface area (Å²) >= 11 is 0. The van der Waals surface area contributed by atoms with E-state index in [0.717, 1.165) is 12.0 Å². The number of ether oxygens (including phenoxy) is 1. The second kappa shape index (κ2) is 7.71. The Bertz CT molecular complexity index is 138. The summed E-state index contributed by atoms with van der Waals surface area (Å²) in [6.45, 7) is 8.71. The van der Waals surface area contributed by atoms with Crippen LogP contribution in [0.4, 0.5) is 0 Å². The van der Waals surface area contributed by atoms with Crippen molar-refractivity contribution in [3.05, 3.63) is 12.7 Å². The fourth-order valence-corrected chi connectivity index (χ4v) is 0.343. The first-order valence-electron chi connectivity index (χ1n) is 3.63. The third-order valence-corrected chi connectivity index (χ3v) is 0.573. The highest BCUT2D eigenvalue weighted by atomic mass is 31.1. The lowest BCUT2D eigenvalue weighted by atomic mass is 10.2. The van der Waals surface area contributed by atoms with Crippen LogP contribution in [0, 0.1) is 0 Å². The van der Waals surface area contributed by atoms with Crippen LogP contribution in [0.5, 0.6) is 0 Å². The second-order valence-corrected chi connectivity index (χ2v) is 4.86. The molecule has 2 atom stereocenters. The molecular weight excluding hydrogens is 190 g/mol. The van der Waals surface area contributed by atoms with Gasteiger partial charge >= 0.3 is 5.97 Å². The normalized spacial score (nSPS) is 9.42. The van der Waals surface area contributed by atoms with Crippen LogP contribution < -0.4 is 0 Å². The highest BCUT2D eigenvalue weighted by molar-refractivity contribution is 7.36. The molecule has 4 heteroatoms. The summed E-state index contributed by atoms with van der Waals surface area (Å²) in [4.78, 5) is 10.5. The molecule has 0 aliphatic carbocycles. The molecule has 0 aromatic rings. The highest BCUT2D eigenvalue weighted by Crippen LogP contribution is 2.06. The average molecular weight is 208 g/mol. The third kappa shape index (κ3) is 16.6. The van der Waals surface area contributed by atoms with Gasteiger partial charge in [0.05, 0.1) is 0 Å². The Balaban J connectivity index is 0. The Morgan fingerprint density at radius 2 is 1.83 bits per heavy atom. The zero-order chi connectivity index (χ0) is 10.2. The van der Waals surface area contributed by atoms with Crippen molar-refractivity contribution < 1.29 is 9.53 Å². The zero-order valence-electron chi connectivity index (χ0n) is 7.96. The lowest BCUT2D eigenvalue weighted by Crippen LogP contribution is -2.22. The molecule has 0 N–H and O–H groups in total. The number of carbonyl (C=O) groups excluding carboxylic acids is 1. The van der Waals surface area contributed by atoms with Gasteiger partial charge in [0, 0.05) is 6.08 Å². The van der Waals surface area contributed by atoms with Gasteiger partial charge in [-0.25, -0.2) is 4.79 Å². The molecule has 0 amide bonds. The Labute approximate surface area is 79.5 Å². The van der Waals surface area contributed by atoms with Crippen LogP contribution >= 0.6 is 18.5 Å². The van der Waals surface area contributed by atoms with E-state index in [1.807, 2.05) is 20.8 Å². The van der Waals surface area contributed by atoms with E-state index < -0.39 is 5.60 Å². The Hall–Kier alpha value is 0.0700. The standard InChI is InChI=1S/C7H12O2.CH6P2/c1-5-6(8)9-7(2,3)4;2-1-3/h5H,1H2,2-4H3;1-3H2. The molecule has 0 rings (SSSR count). The van der Waals surface area contributed by atoms with E-state index in [4.69, 9.17) is 4.74 Å². The predicted octanol–water partition coefficient (Wildman–Crippen LogP) is 2.21. The zero-order valence-corrected chi connectivity index (χ0v) is 10.3. The first-order valence-corrected chi connectivity index (χ1v) is 5.26. The predicted molar refractivity (Wildman–Crippen MR) is 60.3 cm³/mol. The summed E-state index contributed by atoms with van der Waals surface area (Å²) in [5, 5.41) is 0. The van der Waals surface area contributed by atoms with E-state index >= 15 is 0 Å². The van der Waals surface area contributed by atoms with E-state index in [-0.39, 0.29) is 5.97 Å². The van der Waals surface area contributed by atoms with Gasteiger partial charge in [-0.05, 0) is 26.7 Å². The van der Waals surface area contributed by atoms with Gasteiger partial charge in [-0.1, -0.05) is 6.58 Å². The van der Waals surface area contributed by atoms with Gasteiger partial charge in [-0.15, -0.1) is 18.5 Å². The number of hydrogen-bond acceptors (Lipinski definition) is 2. The highest BCUT2D eigenvalue weighted by Gasteiger charge is 2.12. The molecule has 72 valence electrons. The largest absolute Gasteiger partial charge is 0.457 e. The first kappa shape index (κ1) is 14.6. The Morgan fingerprint density at radius 1 is 1.50 bits per heavy atom. The van der Waals surface area contributed by atoms with E-state index in [1.165, 1.54) is 0 Å². The molecule has 0 aromatic heterocycles. The van der Waals surface area contributed by atoms with Gasteiger partial charge in [0.25, 0.3) is 0 Å². The van der Waals surface area contributed by atoms with Gasteiger partial charge < -0.3 is 4.74 Å². The van der Waals surface area contributed by atoms with Gasteiger partial charge in [0.15, 0.2) is 0 Å². The fourth-order valence-electron chi connectivity index (χ4n) is 0.343. The minimum absolute atomic E-state index is 0.373. The van der Waals surface area contributed by atoms with Crippen molar-refractivity contribution in [1.29, 1.82) is 0 Å². The monoisotopic (exact) mass is 208 g/mol. The molecule has 0 spiro atoms. The van der Waals surface area contributed by atoms with Crippen LogP contribution in [0.2, 0.25) is 0 Å². The van der Waals surface area contributed by atoms with Gasteiger partial charge in [0.2, 0.25) is 0 Å². The summed E-state index contributed by atoms with van der Waals surface area (Å²) in [7, 11) is 5.08. The van der Waals surface area contributed by atoms with Crippen LogP contribution in [0.1, 0.15) is 20.8 Å². The van der Waals surface area contributed by atoms with E-state index in [1.54, 1.807) is 0 Å². The molecule has 2 nitrogen and oxygen atoms in total. The molecule has 0 aliphatic heterocycles. The molecular formula is C8H18O2P2. The average Bonchev–Trinajstić information content (AvgIpc) is 1.86. The van der Waals surface area contributed by atoms with Crippen molar-refractivity contribution in [3.63, 3.8) is 0 Å². The summed E-state index contributed by atoms with van der Waals surface area (Å²) < 4.78 is 4.83. The van der Waals surface area contributed by atoms with Crippen LogP contribution in [-0.4, -0.2) is 17.5 Å². The van der Waals surface area contributed by atoms with Gasteiger partial charge in [-0.2, -0.15) is 0 Å². The molecule has 12 heavy (non-hydrogen) atoms. The molecule has 0 saturated carbocycles. The SMILES string of the molecule is C=CC(=O)OC(C)(C)C.PCP. The van der Waals surface area contributed by atoms with Crippen molar-refractivity contribution in [2.24, 2.45) is 0 Å². The van der Waals surface area contributed by atoms with Gasteiger partial charge in [0.1, 0.15) is 5.60 Å². The van der Waals surface area contributed by atoms with Crippen molar-refractivity contribution in [2.75, 3.05) is 5.90 Å². The maximum Gasteiger partial charge on any atom is 0.330 e. The maximum absolute atomic E-state index is 10.5. The quantitative estimate of drug-likeness (QED) is 0.375. The summed E-state index contributed by atoms with van der Waals surface area (Å²) in [6.07, 6.45) is 1.16. The lowest BCUT2D eigenvalue weighted by molar-refractivity contribution is -0.148. The van der Waals surface area contributed by atoms with Crippen molar-refractivity contribution in [2.45, 2.75) is 26.4 Å². The Kier molecular flexibility index (Phi) is 9.37. The van der Waals surface area contributed by atoms with Crippen LogP contribution in [0.15, 0.2) is 12.7 Å². The first-order chi connectivity index (χ1) is 5.37. The molecule has 0 aliphatic rings. The van der Waals surface area contributed by atoms with Crippen molar-refractivity contribution >= 4 is 24.4 Å². The molecule has 0 heterocycles. The number of carbonyl (C=O) groups is 1. The smallest absolute Gasteiger partial charge is 0.330 e.